The molecule has 0 unspecified atom stereocenters. The minimum Gasteiger partial charge on any atom is -0.508 e. The number of aromatic hydroxyl groups is 2. The molecule has 0 aromatic heterocycles. The van der Waals surface area contributed by atoms with Crippen molar-refractivity contribution in [2.45, 2.75) is 38.7 Å². The van der Waals surface area contributed by atoms with Crippen molar-refractivity contribution in [1.82, 2.24) is 0 Å². The minimum absolute atomic E-state index is 0.0852. The minimum atomic E-state index is -0.271. The van der Waals surface area contributed by atoms with Gasteiger partial charge in [0.15, 0.2) is 5.78 Å². The predicted molar refractivity (Wildman–Crippen MR) is 87.3 cm³/mol. The monoisotopic (exact) mass is 312 g/mol. The molecular weight excluding hydrogens is 292 g/mol. The van der Waals surface area contributed by atoms with E-state index in [2.05, 4.69) is 0 Å². The third kappa shape index (κ3) is 3.31. The van der Waals surface area contributed by atoms with Gasteiger partial charge in [-0.2, -0.15) is 0 Å². The van der Waals surface area contributed by atoms with Crippen molar-refractivity contribution < 1.29 is 19.7 Å². The molecule has 4 nitrogen and oxygen atoms in total. The first-order valence-electron chi connectivity index (χ1n) is 7.88. The second kappa shape index (κ2) is 6.32. The van der Waals surface area contributed by atoms with E-state index in [1.54, 1.807) is 25.1 Å². The lowest BCUT2D eigenvalue weighted by Crippen LogP contribution is -2.11. The van der Waals surface area contributed by atoms with Gasteiger partial charge >= 0.3 is 0 Å². The molecule has 1 aliphatic carbocycles. The SMILES string of the molecule is Cc1cc(O)ccc1C(=O)c1ccc(OC2CCCC2)cc1O. The molecule has 4 heteroatoms. The molecular formula is C19H20O4. The summed E-state index contributed by atoms with van der Waals surface area (Å²) < 4.78 is 5.83. The Morgan fingerprint density at radius 2 is 1.74 bits per heavy atom. The van der Waals surface area contributed by atoms with Crippen LogP contribution in [0.25, 0.3) is 0 Å². The molecule has 0 atom stereocenters. The fourth-order valence-electron chi connectivity index (χ4n) is 3.02. The highest BCUT2D eigenvalue weighted by molar-refractivity contribution is 6.11. The summed E-state index contributed by atoms with van der Waals surface area (Å²) in [5, 5.41) is 19.6. The van der Waals surface area contributed by atoms with Crippen LogP contribution < -0.4 is 4.74 Å². The Morgan fingerprint density at radius 3 is 2.39 bits per heavy atom. The molecule has 1 fully saturated rings. The van der Waals surface area contributed by atoms with Crippen molar-refractivity contribution in [3.63, 3.8) is 0 Å². The van der Waals surface area contributed by atoms with Crippen molar-refractivity contribution >= 4 is 5.78 Å². The zero-order valence-corrected chi connectivity index (χ0v) is 13.1. The molecule has 120 valence electrons. The van der Waals surface area contributed by atoms with Crippen molar-refractivity contribution in [2.24, 2.45) is 0 Å². The van der Waals surface area contributed by atoms with Crippen LogP contribution in [-0.4, -0.2) is 22.1 Å². The number of aryl methyl sites for hydroxylation is 1. The van der Waals surface area contributed by atoms with Gasteiger partial charge in [-0.15, -0.1) is 0 Å². The number of hydrogen-bond donors (Lipinski definition) is 2. The van der Waals surface area contributed by atoms with Crippen LogP contribution in [0.1, 0.15) is 47.2 Å². The van der Waals surface area contributed by atoms with Gasteiger partial charge in [-0.1, -0.05) is 0 Å². The molecule has 2 N–H and O–H groups in total. The van der Waals surface area contributed by atoms with Crippen LogP contribution in [-0.2, 0) is 0 Å². The molecule has 0 saturated heterocycles. The van der Waals surface area contributed by atoms with Gasteiger partial charge in [0, 0.05) is 11.6 Å². The van der Waals surface area contributed by atoms with Gasteiger partial charge in [0.1, 0.15) is 17.2 Å². The second-order valence-electron chi connectivity index (χ2n) is 6.03. The number of ether oxygens (including phenoxy) is 1. The number of phenolic OH excluding ortho intramolecular Hbond substituents is 2. The third-order valence-corrected chi connectivity index (χ3v) is 4.27. The summed E-state index contributed by atoms with van der Waals surface area (Å²) >= 11 is 0. The molecule has 2 aromatic rings. The summed E-state index contributed by atoms with van der Waals surface area (Å²) in [6.45, 7) is 1.75. The summed E-state index contributed by atoms with van der Waals surface area (Å²) in [6.07, 6.45) is 4.62. The van der Waals surface area contributed by atoms with Gasteiger partial charge in [-0.25, -0.2) is 0 Å². The highest BCUT2D eigenvalue weighted by Gasteiger charge is 2.19. The van der Waals surface area contributed by atoms with Crippen LogP contribution in [0, 0.1) is 6.92 Å². The number of carbonyl (C=O) groups is 1. The lowest BCUT2D eigenvalue weighted by molar-refractivity contribution is 0.103. The topological polar surface area (TPSA) is 66.8 Å². The number of carbonyl (C=O) groups excluding carboxylic acids is 1. The third-order valence-electron chi connectivity index (χ3n) is 4.27. The maximum Gasteiger partial charge on any atom is 0.197 e. The standard InChI is InChI=1S/C19H20O4/c1-12-10-13(20)6-8-16(12)19(22)17-9-7-15(11-18(17)21)23-14-4-2-3-5-14/h6-11,14,20-21H,2-5H2,1H3. The van der Waals surface area contributed by atoms with Crippen LogP contribution >= 0.6 is 0 Å². The Bertz CT molecular complexity index is 730. The summed E-state index contributed by atoms with van der Waals surface area (Å²) in [5.41, 5.74) is 1.36. The van der Waals surface area contributed by atoms with Crippen LogP contribution in [0.2, 0.25) is 0 Å². The molecule has 2 aromatic carbocycles. The average molecular weight is 312 g/mol. The number of hydrogen-bond acceptors (Lipinski definition) is 4. The molecule has 0 amide bonds. The van der Waals surface area contributed by atoms with E-state index in [-0.39, 0.29) is 28.9 Å². The predicted octanol–water partition coefficient (Wildman–Crippen LogP) is 3.96. The zero-order valence-electron chi connectivity index (χ0n) is 13.1. The van der Waals surface area contributed by atoms with Crippen LogP contribution in [0.3, 0.4) is 0 Å². The van der Waals surface area contributed by atoms with Crippen molar-refractivity contribution in [1.29, 1.82) is 0 Å². The quantitative estimate of drug-likeness (QED) is 0.839. The van der Waals surface area contributed by atoms with E-state index in [1.165, 1.54) is 31.0 Å². The first-order chi connectivity index (χ1) is 11.0. The largest absolute Gasteiger partial charge is 0.508 e. The van der Waals surface area contributed by atoms with E-state index >= 15 is 0 Å². The van der Waals surface area contributed by atoms with Crippen molar-refractivity contribution in [3.8, 4) is 17.2 Å². The van der Waals surface area contributed by atoms with E-state index in [0.717, 1.165) is 12.8 Å². The molecule has 0 heterocycles. The van der Waals surface area contributed by atoms with E-state index in [4.69, 9.17) is 4.74 Å². The summed E-state index contributed by atoms with van der Waals surface area (Å²) in [5.74, 6) is 0.349. The van der Waals surface area contributed by atoms with E-state index in [9.17, 15) is 15.0 Å². The fraction of sp³-hybridized carbons (Fsp3) is 0.316. The van der Waals surface area contributed by atoms with E-state index < -0.39 is 0 Å². The van der Waals surface area contributed by atoms with Gasteiger partial charge in [0.2, 0.25) is 0 Å². The normalized spacial score (nSPS) is 14.8. The highest BCUT2D eigenvalue weighted by atomic mass is 16.5. The van der Waals surface area contributed by atoms with Crippen LogP contribution in [0.5, 0.6) is 17.2 Å². The molecule has 0 spiro atoms. The molecule has 1 saturated carbocycles. The lowest BCUT2D eigenvalue weighted by Gasteiger charge is -2.14. The number of rotatable bonds is 4. The second-order valence-corrected chi connectivity index (χ2v) is 6.03. The maximum atomic E-state index is 12.6. The van der Waals surface area contributed by atoms with Crippen molar-refractivity contribution in [3.05, 3.63) is 53.1 Å². The highest BCUT2D eigenvalue weighted by Crippen LogP contribution is 2.30. The van der Waals surface area contributed by atoms with Crippen LogP contribution in [0.15, 0.2) is 36.4 Å². The van der Waals surface area contributed by atoms with Gasteiger partial charge in [0.25, 0.3) is 0 Å². The first kappa shape index (κ1) is 15.4. The number of ketones is 1. The van der Waals surface area contributed by atoms with Gasteiger partial charge in [-0.05, 0) is 68.5 Å². The Kier molecular flexibility index (Phi) is 4.24. The maximum absolute atomic E-state index is 12.6. The van der Waals surface area contributed by atoms with Gasteiger partial charge in [0.05, 0.1) is 11.7 Å². The zero-order chi connectivity index (χ0) is 16.4. The molecule has 3 rings (SSSR count). The van der Waals surface area contributed by atoms with E-state index in [0.29, 0.717) is 16.9 Å². The Hall–Kier alpha value is -2.49. The molecule has 1 aliphatic rings. The molecule has 23 heavy (non-hydrogen) atoms. The molecule has 0 radical (unpaired) electrons. The summed E-state index contributed by atoms with van der Waals surface area (Å²) in [4.78, 5) is 12.6. The van der Waals surface area contributed by atoms with E-state index in [1.807, 2.05) is 0 Å². The summed E-state index contributed by atoms with van der Waals surface area (Å²) in [7, 11) is 0. The fourth-order valence-corrected chi connectivity index (χ4v) is 3.02. The smallest absolute Gasteiger partial charge is 0.197 e. The van der Waals surface area contributed by atoms with Gasteiger partial charge in [-0.3, -0.25) is 4.79 Å². The van der Waals surface area contributed by atoms with Crippen molar-refractivity contribution in [2.75, 3.05) is 0 Å². The number of benzene rings is 2. The Labute approximate surface area is 135 Å². The van der Waals surface area contributed by atoms with Crippen LogP contribution in [0.4, 0.5) is 0 Å². The summed E-state index contributed by atoms with van der Waals surface area (Å²) in [6, 6.07) is 9.38. The van der Waals surface area contributed by atoms with Gasteiger partial charge < -0.3 is 14.9 Å². The molecule has 0 aliphatic heterocycles. The molecule has 0 bridgehead atoms. The Balaban J connectivity index is 1.83. The number of phenols is 2. The Morgan fingerprint density at radius 1 is 1.04 bits per heavy atom. The lowest BCUT2D eigenvalue weighted by atomic mass is 9.98. The average Bonchev–Trinajstić information content (AvgIpc) is 3.00. The first-order valence-corrected chi connectivity index (χ1v) is 7.88.